The minimum atomic E-state index is -0.544. The number of nitro groups is 1. The van der Waals surface area contributed by atoms with Crippen molar-refractivity contribution in [3.05, 3.63) is 72.7 Å². The topological polar surface area (TPSA) is 87.3 Å². The summed E-state index contributed by atoms with van der Waals surface area (Å²) in [6.45, 7) is 0.474. The molecule has 0 spiro atoms. The molecule has 25 heavy (non-hydrogen) atoms. The Morgan fingerprint density at radius 3 is 2.80 bits per heavy atom. The van der Waals surface area contributed by atoms with Gasteiger partial charge in [0.2, 0.25) is 0 Å². The molecule has 7 nitrogen and oxygen atoms in total. The van der Waals surface area contributed by atoms with E-state index in [1.807, 2.05) is 0 Å². The van der Waals surface area contributed by atoms with Crippen molar-refractivity contribution >= 4 is 44.1 Å². The zero-order chi connectivity index (χ0) is 18.0. The fourth-order valence-corrected chi connectivity index (χ4v) is 3.06. The second-order valence-corrected chi connectivity index (χ2v) is 6.42. The van der Waals surface area contributed by atoms with Crippen molar-refractivity contribution in [1.82, 2.24) is 9.55 Å². The van der Waals surface area contributed by atoms with E-state index in [-0.39, 0.29) is 29.8 Å². The molecule has 9 heteroatoms. The fourth-order valence-electron chi connectivity index (χ4n) is 2.27. The fraction of sp³-hybridized carbons (Fsp3) is 0.125. The van der Waals surface area contributed by atoms with Crippen LogP contribution in [0.2, 0.25) is 5.02 Å². The number of nitro benzene ring substituents is 1. The van der Waals surface area contributed by atoms with Crippen LogP contribution < -0.4 is 10.3 Å². The highest BCUT2D eigenvalue weighted by Gasteiger charge is 2.11. The van der Waals surface area contributed by atoms with Crippen molar-refractivity contribution in [2.45, 2.75) is 6.54 Å². The molecule has 128 valence electrons. The monoisotopic (exact) mass is 423 g/mol. The summed E-state index contributed by atoms with van der Waals surface area (Å²) in [6, 6.07) is 9.14. The minimum absolute atomic E-state index is 0.148. The molecule has 1 heterocycles. The van der Waals surface area contributed by atoms with Gasteiger partial charge in [0, 0.05) is 17.2 Å². The van der Waals surface area contributed by atoms with E-state index in [1.165, 1.54) is 29.1 Å². The maximum atomic E-state index is 12.5. The molecule has 0 aliphatic rings. The minimum Gasteiger partial charge on any atom is -0.491 e. The molecule has 3 rings (SSSR count). The third-order valence-electron chi connectivity index (χ3n) is 3.50. The van der Waals surface area contributed by atoms with Crippen LogP contribution in [0.25, 0.3) is 10.9 Å². The second-order valence-electron chi connectivity index (χ2n) is 5.12. The number of non-ortho nitro benzene ring substituents is 1. The Morgan fingerprint density at radius 1 is 1.28 bits per heavy atom. The Bertz CT molecular complexity index is 1020. The molecule has 0 aliphatic carbocycles. The molecule has 0 N–H and O–H groups in total. The molecule has 0 unspecified atom stereocenters. The highest BCUT2D eigenvalue weighted by atomic mass is 79.9. The average molecular weight is 425 g/mol. The largest absolute Gasteiger partial charge is 0.491 e. The van der Waals surface area contributed by atoms with E-state index in [0.717, 1.165) is 0 Å². The number of aromatic nitrogens is 2. The normalized spacial score (nSPS) is 10.8. The van der Waals surface area contributed by atoms with Crippen molar-refractivity contribution < 1.29 is 9.66 Å². The third-order valence-corrected chi connectivity index (χ3v) is 4.36. The van der Waals surface area contributed by atoms with E-state index in [4.69, 9.17) is 16.3 Å². The first-order valence-electron chi connectivity index (χ1n) is 7.17. The van der Waals surface area contributed by atoms with Gasteiger partial charge in [-0.1, -0.05) is 11.6 Å². The van der Waals surface area contributed by atoms with Gasteiger partial charge in [-0.15, -0.1) is 0 Å². The van der Waals surface area contributed by atoms with Gasteiger partial charge in [-0.3, -0.25) is 19.5 Å². The van der Waals surface area contributed by atoms with Gasteiger partial charge in [-0.2, -0.15) is 0 Å². The Hall–Kier alpha value is -2.45. The lowest BCUT2D eigenvalue weighted by molar-refractivity contribution is -0.384. The van der Waals surface area contributed by atoms with E-state index in [2.05, 4.69) is 20.9 Å². The van der Waals surface area contributed by atoms with Crippen LogP contribution in [0.1, 0.15) is 0 Å². The van der Waals surface area contributed by atoms with E-state index < -0.39 is 4.92 Å². The lowest BCUT2D eigenvalue weighted by atomic mass is 10.2. The van der Waals surface area contributed by atoms with E-state index >= 15 is 0 Å². The molecular formula is C16H11BrClN3O4. The number of fused-ring (bicyclic) bond motifs is 1. The quantitative estimate of drug-likeness (QED) is 0.459. The highest BCUT2D eigenvalue weighted by molar-refractivity contribution is 9.10. The second kappa shape index (κ2) is 7.20. The molecule has 2 aromatic carbocycles. The molecular weight excluding hydrogens is 414 g/mol. The van der Waals surface area contributed by atoms with Crippen LogP contribution in [-0.2, 0) is 6.54 Å². The standard InChI is InChI=1S/C16H11BrClN3O4/c17-13-7-10(18)1-4-15(13)25-6-5-20-9-19-14-3-2-11(21(23)24)8-12(14)16(20)22/h1-4,7-9H,5-6H2. The van der Waals surface area contributed by atoms with Gasteiger partial charge in [0.15, 0.2) is 0 Å². The molecule has 0 saturated carbocycles. The van der Waals surface area contributed by atoms with Crippen LogP contribution in [0, 0.1) is 10.1 Å². The van der Waals surface area contributed by atoms with Gasteiger partial charge < -0.3 is 4.74 Å². The zero-order valence-electron chi connectivity index (χ0n) is 12.7. The van der Waals surface area contributed by atoms with Crippen LogP contribution in [-0.4, -0.2) is 21.1 Å². The highest BCUT2D eigenvalue weighted by Crippen LogP contribution is 2.27. The molecule has 0 bridgehead atoms. The average Bonchev–Trinajstić information content (AvgIpc) is 2.58. The van der Waals surface area contributed by atoms with Crippen molar-refractivity contribution in [3.63, 3.8) is 0 Å². The number of benzene rings is 2. The first-order valence-corrected chi connectivity index (χ1v) is 8.34. The Balaban J connectivity index is 1.80. The maximum absolute atomic E-state index is 12.5. The number of nitrogens with zero attached hydrogens (tertiary/aromatic N) is 3. The summed E-state index contributed by atoms with van der Waals surface area (Å²) in [5.41, 5.74) is -0.0915. The summed E-state index contributed by atoms with van der Waals surface area (Å²) in [7, 11) is 0. The van der Waals surface area contributed by atoms with E-state index in [9.17, 15) is 14.9 Å². The van der Waals surface area contributed by atoms with E-state index in [1.54, 1.807) is 18.2 Å². The number of ether oxygens (including phenoxy) is 1. The number of rotatable bonds is 5. The van der Waals surface area contributed by atoms with Crippen LogP contribution in [0.4, 0.5) is 5.69 Å². The summed E-state index contributed by atoms with van der Waals surface area (Å²) in [4.78, 5) is 27.0. The summed E-state index contributed by atoms with van der Waals surface area (Å²) >= 11 is 9.22. The van der Waals surface area contributed by atoms with Gasteiger partial charge in [-0.05, 0) is 40.2 Å². The van der Waals surface area contributed by atoms with Crippen molar-refractivity contribution in [2.24, 2.45) is 0 Å². The summed E-state index contributed by atoms with van der Waals surface area (Å²) in [6.07, 6.45) is 1.40. The van der Waals surface area contributed by atoms with Gasteiger partial charge in [0.25, 0.3) is 11.2 Å². The summed E-state index contributed by atoms with van der Waals surface area (Å²) in [5.74, 6) is 0.599. The summed E-state index contributed by atoms with van der Waals surface area (Å²) < 4.78 is 7.69. The number of hydrogen-bond donors (Lipinski definition) is 0. The molecule has 0 atom stereocenters. The van der Waals surface area contributed by atoms with Crippen LogP contribution >= 0.6 is 27.5 Å². The molecule has 0 amide bonds. The summed E-state index contributed by atoms with van der Waals surface area (Å²) in [5, 5.41) is 11.6. The number of halogens is 2. The lowest BCUT2D eigenvalue weighted by Gasteiger charge is -2.10. The maximum Gasteiger partial charge on any atom is 0.270 e. The van der Waals surface area contributed by atoms with Crippen molar-refractivity contribution in [3.8, 4) is 5.75 Å². The Labute approximate surface area is 155 Å². The molecule has 0 aliphatic heterocycles. The van der Waals surface area contributed by atoms with Crippen molar-refractivity contribution in [2.75, 3.05) is 6.61 Å². The molecule has 0 saturated heterocycles. The predicted molar refractivity (Wildman–Crippen MR) is 97.3 cm³/mol. The Morgan fingerprint density at radius 2 is 2.08 bits per heavy atom. The van der Waals surface area contributed by atoms with Crippen LogP contribution in [0.3, 0.4) is 0 Å². The van der Waals surface area contributed by atoms with Crippen LogP contribution in [0.15, 0.2) is 52.0 Å². The third kappa shape index (κ3) is 3.80. The first-order chi connectivity index (χ1) is 12.0. The smallest absolute Gasteiger partial charge is 0.270 e. The molecule has 1 aromatic heterocycles. The predicted octanol–water partition coefficient (Wildman–Crippen LogP) is 3.80. The zero-order valence-corrected chi connectivity index (χ0v) is 15.0. The first kappa shape index (κ1) is 17.4. The van der Waals surface area contributed by atoms with E-state index in [0.29, 0.717) is 20.8 Å². The lowest BCUT2D eigenvalue weighted by Crippen LogP contribution is -2.23. The number of hydrogen-bond acceptors (Lipinski definition) is 5. The molecule has 0 fully saturated rings. The van der Waals surface area contributed by atoms with Gasteiger partial charge in [-0.25, -0.2) is 4.98 Å². The van der Waals surface area contributed by atoms with Gasteiger partial charge in [0.05, 0.1) is 33.2 Å². The SMILES string of the molecule is O=c1c2cc([N+](=O)[O-])ccc2ncn1CCOc1ccc(Cl)cc1Br. The Kier molecular flexibility index (Phi) is 5.00. The van der Waals surface area contributed by atoms with Crippen LogP contribution in [0.5, 0.6) is 5.75 Å². The van der Waals surface area contributed by atoms with Gasteiger partial charge in [0.1, 0.15) is 12.4 Å². The van der Waals surface area contributed by atoms with Crippen molar-refractivity contribution in [1.29, 1.82) is 0 Å². The molecule has 0 radical (unpaired) electrons. The van der Waals surface area contributed by atoms with Gasteiger partial charge >= 0.3 is 0 Å². The molecule has 3 aromatic rings.